The molecule has 4 rings (SSSR count). The number of piperidine rings is 2. The average molecular weight is 382 g/mol. The predicted molar refractivity (Wildman–Crippen MR) is 106 cm³/mol. The molecule has 5 nitrogen and oxygen atoms in total. The first-order chi connectivity index (χ1) is 13.6. The maximum absolute atomic E-state index is 13.7. The van der Waals surface area contributed by atoms with Gasteiger partial charge in [-0.2, -0.15) is 0 Å². The van der Waals surface area contributed by atoms with Crippen molar-refractivity contribution >= 4 is 5.91 Å². The first-order valence-electron chi connectivity index (χ1n) is 10.2. The molecule has 1 unspecified atom stereocenters. The van der Waals surface area contributed by atoms with Crippen molar-refractivity contribution in [3.05, 3.63) is 48.2 Å². The molecule has 28 heavy (non-hydrogen) atoms. The van der Waals surface area contributed by atoms with Gasteiger partial charge in [0.05, 0.1) is 11.4 Å². The van der Waals surface area contributed by atoms with Crippen molar-refractivity contribution in [2.75, 3.05) is 33.2 Å². The lowest BCUT2D eigenvalue weighted by Crippen LogP contribution is -2.45. The fourth-order valence-electron chi connectivity index (χ4n) is 4.42. The molecule has 0 aliphatic carbocycles. The summed E-state index contributed by atoms with van der Waals surface area (Å²) in [6.07, 6.45) is 7.15. The van der Waals surface area contributed by atoms with E-state index < -0.39 is 0 Å². The van der Waals surface area contributed by atoms with Gasteiger partial charge in [-0.15, -0.1) is 0 Å². The van der Waals surface area contributed by atoms with Gasteiger partial charge in [0.1, 0.15) is 5.82 Å². The molecule has 1 atom stereocenters. The molecule has 2 saturated heterocycles. The van der Waals surface area contributed by atoms with Crippen LogP contribution in [0.2, 0.25) is 0 Å². The largest absolute Gasteiger partial charge is 0.342 e. The van der Waals surface area contributed by atoms with Crippen molar-refractivity contribution in [3.63, 3.8) is 0 Å². The molecule has 2 aliphatic rings. The number of aromatic nitrogens is 2. The summed E-state index contributed by atoms with van der Waals surface area (Å²) in [5.41, 5.74) is 2.33. The lowest BCUT2D eigenvalue weighted by molar-refractivity contribution is -0.138. The Labute approximate surface area is 165 Å². The third kappa shape index (κ3) is 4.07. The summed E-state index contributed by atoms with van der Waals surface area (Å²) >= 11 is 0. The Hall–Kier alpha value is -2.34. The lowest BCUT2D eigenvalue weighted by Gasteiger charge is -2.37. The highest BCUT2D eigenvalue weighted by Gasteiger charge is 2.32. The van der Waals surface area contributed by atoms with Crippen LogP contribution in [0.15, 0.2) is 36.7 Å². The third-order valence-corrected chi connectivity index (χ3v) is 6.01. The first-order valence-corrected chi connectivity index (χ1v) is 10.2. The Morgan fingerprint density at radius 2 is 1.89 bits per heavy atom. The number of likely N-dealkylation sites (tertiary alicyclic amines) is 2. The highest BCUT2D eigenvalue weighted by molar-refractivity contribution is 5.79. The SMILES string of the molecule is CN1CCC(C(=O)N2CCCC(c3nccnc3-c3cccc(F)c3)C2)CC1. The summed E-state index contributed by atoms with van der Waals surface area (Å²) in [7, 11) is 2.11. The van der Waals surface area contributed by atoms with E-state index in [0.717, 1.165) is 62.3 Å². The Morgan fingerprint density at radius 3 is 2.68 bits per heavy atom. The van der Waals surface area contributed by atoms with E-state index in [4.69, 9.17) is 0 Å². The van der Waals surface area contributed by atoms with E-state index in [0.29, 0.717) is 6.54 Å². The number of amides is 1. The maximum Gasteiger partial charge on any atom is 0.225 e. The zero-order chi connectivity index (χ0) is 19.5. The zero-order valence-electron chi connectivity index (χ0n) is 16.4. The molecule has 0 N–H and O–H groups in total. The van der Waals surface area contributed by atoms with E-state index in [9.17, 15) is 9.18 Å². The van der Waals surface area contributed by atoms with Crippen molar-refractivity contribution < 1.29 is 9.18 Å². The highest BCUT2D eigenvalue weighted by atomic mass is 19.1. The van der Waals surface area contributed by atoms with Crippen molar-refractivity contribution in [2.45, 2.75) is 31.6 Å². The fraction of sp³-hybridized carbons (Fsp3) is 0.500. The van der Waals surface area contributed by atoms with Gasteiger partial charge >= 0.3 is 0 Å². The molecule has 1 aromatic carbocycles. The van der Waals surface area contributed by atoms with Crippen LogP contribution >= 0.6 is 0 Å². The Balaban J connectivity index is 1.53. The minimum atomic E-state index is -0.281. The van der Waals surface area contributed by atoms with Gasteiger partial charge in [-0.25, -0.2) is 4.39 Å². The zero-order valence-corrected chi connectivity index (χ0v) is 16.4. The summed E-state index contributed by atoms with van der Waals surface area (Å²) in [6, 6.07) is 6.49. The molecule has 0 spiro atoms. The number of carbonyl (C=O) groups is 1. The molecule has 2 aromatic rings. The fourth-order valence-corrected chi connectivity index (χ4v) is 4.42. The molecule has 3 heterocycles. The van der Waals surface area contributed by atoms with Gasteiger partial charge in [0, 0.05) is 42.9 Å². The smallest absolute Gasteiger partial charge is 0.225 e. The Morgan fingerprint density at radius 1 is 1.11 bits per heavy atom. The van der Waals surface area contributed by atoms with Crippen LogP contribution in [0, 0.1) is 11.7 Å². The van der Waals surface area contributed by atoms with Crippen LogP contribution in [-0.4, -0.2) is 58.9 Å². The minimum Gasteiger partial charge on any atom is -0.342 e. The average Bonchev–Trinajstić information content (AvgIpc) is 2.74. The van der Waals surface area contributed by atoms with Crippen LogP contribution in [0.25, 0.3) is 11.3 Å². The second-order valence-electron chi connectivity index (χ2n) is 8.00. The standard InChI is InChI=1S/C22H27FN4O/c1-26-12-7-16(8-13-26)22(28)27-11-3-5-18(15-27)21-20(24-9-10-25-21)17-4-2-6-19(23)14-17/h2,4,6,9-10,14,16,18H,3,5,7-8,11-13,15H2,1H3. The molecule has 0 bridgehead atoms. The number of hydrogen-bond acceptors (Lipinski definition) is 4. The number of nitrogens with zero attached hydrogens (tertiary/aromatic N) is 4. The normalized spacial score (nSPS) is 21.6. The number of rotatable bonds is 3. The number of benzene rings is 1. The van der Waals surface area contributed by atoms with Crippen LogP contribution in [0.1, 0.15) is 37.3 Å². The van der Waals surface area contributed by atoms with Gasteiger partial charge in [-0.1, -0.05) is 12.1 Å². The Kier molecular flexibility index (Phi) is 5.67. The number of halogens is 1. The van der Waals surface area contributed by atoms with Gasteiger partial charge < -0.3 is 9.80 Å². The van der Waals surface area contributed by atoms with E-state index in [1.54, 1.807) is 18.5 Å². The van der Waals surface area contributed by atoms with Crippen molar-refractivity contribution in [3.8, 4) is 11.3 Å². The van der Waals surface area contributed by atoms with Gasteiger partial charge in [-0.3, -0.25) is 14.8 Å². The van der Waals surface area contributed by atoms with E-state index in [1.807, 2.05) is 11.0 Å². The summed E-state index contributed by atoms with van der Waals surface area (Å²) < 4.78 is 13.7. The molecular weight excluding hydrogens is 355 g/mol. The van der Waals surface area contributed by atoms with E-state index in [2.05, 4.69) is 21.9 Å². The molecule has 2 aliphatic heterocycles. The quantitative estimate of drug-likeness (QED) is 0.817. The third-order valence-electron chi connectivity index (χ3n) is 6.01. The predicted octanol–water partition coefficient (Wildman–Crippen LogP) is 3.33. The summed E-state index contributed by atoms with van der Waals surface area (Å²) in [5, 5.41) is 0. The van der Waals surface area contributed by atoms with Crippen molar-refractivity contribution in [2.24, 2.45) is 5.92 Å². The first kappa shape index (κ1) is 19.0. The summed E-state index contributed by atoms with van der Waals surface area (Å²) in [5.74, 6) is 0.279. The van der Waals surface area contributed by atoms with Crippen LogP contribution < -0.4 is 0 Å². The topological polar surface area (TPSA) is 49.3 Å². The molecule has 2 fully saturated rings. The van der Waals surface area contributed by atoms with E-state index in [-0.39, 0.29) is 23.6 Å². The molecule has 148 valence electrons. The number of carbonyl (C=O) groups excluding carboxylic acids is 1. The van der Waals surface area contributed by atoms with Gasteiger partial charge in [0.15, 0.2) is 0 Å². The van der Waals surface area contributed by atoms with Crippen LogP contribution in [-0.2, 0) is 4.79 Å². The minimum absolute atomic E-state index is 0.135. The second-order valence-corrected chi connectivity index (χ2v) is 8.00. The maximum atomic E-state index is 13.7. The Bertz CT molecular complexity index is 835. The molecule has 1 aromatic heterocycles. The molecule has 0 saturated carbocycles. The molecule has 6 heteroatoms. The van der Waals surface area contributed by atoms with Crippen LogP contribution in [0.5, 0.6) is 0 Å². The van der Waals surface area contributed by atoms with E-state index in [1.165, 1.54) is 12.1 Å². The summed E-state index contributed by atoms with van der Waals surface area (Å²) in [4.78, 5) is 26.5. The lowest BCUT2D eigenvalue weighted by atomic mass is 9.89. The molecule has 0 radical (unpaired) electrons. The van der Waals surface area contributed by atoms with Gasteiger partial charge in [0.25, 0.3) is 0 Å². The molecular formula is C22H27FN4O. The van der Waals surface area contributed by atoms with Crippen LogP contribution in [0.4, 0.5) is 4.39 Å². The highest BCUT2D eigenvalue weighted by Crippen LogP contribution is 2.33. The van der Waals surface area contributed by atoms with Crippen LogP contribution in [0.3, 0.4) is 0 Å². The van der Waals surface area contributed by atoms with E-state index >= 15 is 0 Å². The van der Waals surface area contributed by atoms with Gasteiger partial charge in [-0.05, 0) is 58.0 Å². The monoisotopic (exact) mass is 382 g/mol. The van der Waals surface area contributed by atoms with Gasteiger partial charge in [0.2, 0.25) is 5.91 Å². The molecule has 1 amide bonds. The van der Waals surface area contributed by atoms with Crippen molar-refractivity contribution in [1.82, 2.24) is 19.8 Å². The van der Waals surface area contributed by atoms with Crippen molar-refractivity contribution in [1.29, 1.82) is 0 Å². The number of hydrogen-bond donors (Lipinski definition) is 0. The summed E-state index contributed by atoms with van der Waals surface area (Å²) in [6.45, 7) is 3.46. The second kappa shape index (κ2) is 8.35.